The molecule has 1 aromatic carbocycles. The fourth-order valence-corrected chi connectivity index (χ4v) is 2.34. The highest BCUT2D eigenvalue weighted by Gasteiger charge is 2.25. The predicted molar refractivity (Wildman–Crippen MR) is 76.5 cm³/mol. The van der Waals surface area contributed by atoms with Crippen molar-refractivity contribution >= 4 is 27.5 Å². The summed E-state index contributed by atoms with van der Waals surface area (Å²) in [6, 6.07) is 5.76. The summed E-state index contributed by atoms with van der Waals surface area (Å²) in [4.78, 5) is 16.5. The number of anilines is 1. The summed E-state index contributed by atoms with van der Waals surface area (Å²) < 4.78 is 0.825. The third kappa shape index (κ3) is 2.67. The number of halogens is 1. The van der Waals surface area contributed by atoms with Crippen LogP contribution in [0.15, 0.2) is 22.7 Å². The lowest BCUT2D eigenvalue weighted by Gasteiger charge is -2.37. The van der Waals surface area contributed by atoms with Gasteiger partial charge in [0, 0.05) is 41.4 Å². The number of nitrogen functional groups attached to an aromatic ring is 1. The van der Waals surface area contributed by atoms with Crippen LogP contribution in [-0.4, -0.2) is 48.4 Å². The molecule has 4 nitrogen and oxygen atoms in total. The first-order valence-electron chi connectivity index (χ1n) is 6.03. The molecule has 1 aromatic rings. The topological polar surface area (TPSA) is 49.6 Å². The van der Waals surface area contributed by atoms with Crippen LogP contribution in [0.5, 0.6) is 0 Å². The van der Waals surface area contributed by atoms with E-state index in [4.69, 9.17) is 5.73 Å². The van der Waals surface area contributed by atoms with Gasteiger partial charge in [0.15, 0.2) is 0 Å². The van der Waals surface area contributed by atoms with Crippen molar-refractivity contribution in [2.24, 2.45) is 0 Å². The second-order valence-corrected chi connectivity index (χ2v) is 5.67. The Labute approximate surface area is 116 Å². The van der Waals surface area contributed by atoms with Crippen molar-refractivity contribution in [3.8, 4) is 0 Å². The van der Waals surface area contributed by atoms with Gasteiger partial charge >= 0.3 is 0 Å². The summed E-state index contributed by atoms with van der Waals surface area (Å²) in [6.45, 7) is 4.59. The molecule has 98 valence electrons. The maximum Gasteiger partial charge on any atom is 0.254 e. The minimum atomic E-state index is 0.0640. The van der Waals surface area contributed by atoms with Crippen molar-refractivity contribution in [1.82, 2.24) is 9.80 Å². The molecule has 1 amide bonds. The van der Waals surface area contributed by atoms with Gasteiger partial charge in [0.1, 0.15) is 0 Å². The summed E-state index contributed by atoms with van der Waals surface area (Å²) in [6.07, 6.45) is 0. The van der Waals surface area contributed by atoms with Crippen LogP contribution in [0.1, 0.15) is 17.3 Å². The van der Waals surface area contributed by atoms with Crippen molar-refractivity contribution in [3.05, 3.63) is 28.2 Å². The van der Waals surface area contributed by atoms with Crippen LogP contribution in [0.3, 0.4) is 0 Å². The number of amides is 1. The lowest BCUT2D eigenvalue weighted by molar-refractivity contribution is 0.0572. The molecule has 0 aromatic heterocycles. The molecule has 18 heavy (non-hydrogen) atoms. The molecule has 1 unspecified atom stereocenters. The van der Waals surface area contributed by atoms with Gasteiger partial charge in [-0.1, -0.05) is 0 Å². The van der Waals surface area contributed by atoms with Crippen LogP contribution >= 0.6 is 15.9 Å². The van der Waals surface area contributed by atoms with Gasteiger partial charge in [0.25, 0.3) is 5.91 Å². The maximum atomic E-state index is 12.4. The Morgan fingerprint density at radius 2 is 2.17 bits per heavy atom. The molecule has 0 bridgehead atoms. The molecule has 1 atom stereocenters. The lowest BCUT2D eigenvalue weighted by Crippen LogP contribution is -2.52. The van der Waals surface area contributed by atoms with E-state index in [9.17, 15) is 4.79 Å². The van der Waals surface area contributed by atoms with E-state index in [1.54, 1.807) is 6.07 Å². The molecular formula is C13H18BrN3O. The average molecular weight is 312 g/mol. The van der Waals surface area contributed by atoms with E-state index in [2.05, 4.69) is 34.8 Å². The summed E-state index contributed by atoms with van der Waals surface area (Å²) in [7, 11) is 2.09. The van der Waals surface area contributed by atoms with Crippen LogP contribution in [-0.2, 0) is 0 Å². The molecule has 0 aliphatic carbocycles. The van der Waals surface area contributed by atoms with Gasteiger partial charge in [0.2, 0.25) is 0 Å². The van der Waals surface area contributed by atoms with Crippen molar-refractivity contribution in [2.75, 3.05) is 32.4 Å². The summed E-state index contributed by atoms with van der Waals surface area (Å²) in [5.41, 5.74) is 7.07. The zero-order valence-corrected chi connectivity index (χ0v) is 12.3. The Morgan fingerprint density at radius 3 is 2.78 bits per heavy atom. The third-order valence-electron chi connectivity index (χ3n) is 3.49. The minimum Gasteiger partial charge on any atom is -0.398 e. The molecule has 0 saturated carbocycles. The highest BCUT2D eigenvalue weighted by atomic mass is 79.9. The number of carbonyl (C=O) groups is 1. The first-order chi connectivity index (χ1) is 8.49. The Kier molecular flexibility index (Phi) is 3.92. The molecule has 5 heteroatoms. The molecule has 0 radical (unpaired) electrons. The van der Waals surface area contributed by atoms with E-state index in [0.29, 0.717) is 17.3 Å². The predicted octanol–water partition coefficient (Wildman–Crippen LogP) is 1.81. The van der Waals surface area contributed by atoms with E-state index >= 15 is 0 Å². The van der Waals surface area contributed by atoms with Crippen LogP contribution < -0.4 is 5.73 Å². The number of benzene rings is 1. The molecule has 1 fully saturated rings. The van der Waals surface area contributed by atoms with E-state index in [0.717, 1.165) is 24.1 Å². The van der Waals surface area contributed by atoms with Crippen LogP contribution in [0.4, 0.5) is 5.69 Å². The number of nitrogens with zero attached hydrogens (tertiary/aromatic N) is 2. The molecule has 1 saturated heterocycles. The van der Waals surface area contributed by atoms with E-state index in [-0.39, 0.29) is 5.91 Å². The number of hydrogen-bond acceptors (Lipinski definition) is 3. The lowest BCUT2D eigenvalue weighted by atomic mass is 10.1. The zero-order valence-electron chi connectivity index (χ0n) is 10.7. The third-order valence-corrected chi connectivity index (χ3v) is 4.21. The van der Waals surface area contributed by atoms with Gasteiger partial charge in [-0.15, -0.1) is 0 Å². The number of nitrogens with two attached hydrogens (primary N) is 1. The number of likely N-dealkylation sites (N-methyl/N-ethyl adjacent to an activating group) is 1. The van der Waals surface area contributed by atoms with Crippen LogP contribution in [0.2, 0.25) is 0 Å². The van der Waals surface area contributed by atoms with Crippen molar-refractivity contribution in [1.29, 1.82) is 0 Å². The Balaban J connectivity index is 2.14. The quantitative estimate of drug-likeness (QED) is 0.805. The highest BCUT2D eigenvalue weighted by molar-refractivity contribution is 9.10. The summed E-state index contributed by atoms with van der Waals surface area (Å²) >= 11 is 3.34. The van der Waals surface area contributed by atoms with Crippen molar-refractivity contribution < 1.29 is 4.79 Å². The first-order valence-corrected chi connectivity index (χ1v) is 6.83. The largest absolute Gasteiger partial charge is 0.398 e. The fraction of sp³-hybridized carbons (Fsp3) is 0.462. The van der Waals surface area contributed by atoms with Crippen LogP contribution in [0, 0.1) is 0 Å². The van der Waals surface area contributed by atoms with Crippen molar-refractivity contribution in [3.63, 3.8) is 0 Å². The normalized spacial score (nSPS) is 21.1. The minimum absolute atomic E-state index is 0.0640. The van der Waals surface area contributed by atoms with E-state index in [1.807, 2.05) is 17.0 Å². The maximum absolute atomic E-state index is 12.4. The number of piperazine rings is 1. The molecule has 0 spiro atoms. The van der Waals surface area contributed by atoms with Gasteiger partial charge in [-0.25, -0.2) is 0 Å². The Bertz CT molecular complexity index is 464. The average Bonchev–Trinajstić information content (AvgIpc) is 2.35. The standard InChI is InChI=1S/C13H18BrN3O/c1-9-8-17(6-5-16(9)2)13(18)10-3-4-11(14)12(15)7-10/h3-4,7,9H,5-6,8,15H2,1-2H3. The number of rotatable bonds is 1. The van der Waals surface area contributed by atoms with Crippen molar-refractivity contribution in [2.45, 2.75) is 13.0 Å². The molecule has 2 N–H and O–H groups in total. The monoisotopic (exact) mass is 311 g/mol. The SMILES string of the molecule is CC1CN(C(=O)c2ccc(Br)c(N)c2)CCN1C. The number of carbonyl (C=O) groups excluding carboxylic acids is 1. The highest BCUT2D eigenvalue weighted by Crippen LogP contribution is 2.21. The van der Waals surface area contributed by atoms with Gasteiger partial charge in [-0.05, 0) is 48.1 Å². The second kappa shape index (κ2) is 5.28. The van der Waals surface area contributed by atoms with Gasteiger partial charge in [-0.2, -0.15) is 0 Å². The molecule has 1 heterocycles. The smallest absolute Gasteiger partial charge is 0.254 e. The molecule has 1 aliphatic rings. The second-order valence-electron chi connectivity index (χ2n) is 4.82. The van der Waals surface area contributed by atoms with E-state index < -0.39 is 0 Å². The Morgan fingerprint density at radius 1 is 1.44 bits per heavy atom. The van der Waals surface area contributed by atoms with Gasteiger partial charge in [-0.3, -0.25) is 4.79 Å². The molecule has 1 aliphatic heterocycles. The van der Waals surface area contributed by atoms with Gasteiger partial charge < -0.3 is 15.5 Å². The van der Waals surface area contributed by atoms with E-state index in [1.165, 1.54) is 0 Å². The number of hydrogen-bond donors (Lipinski definition) is 1. The zero-order chi connectivity index (χ0) is 13.3. The van der Waals surface area contributed by atoms with Crippen LogP contribution in [0.25, 0.3) is 0 Å². The Hall–Kier alpha value is -1.07. The molecular weight excluding hydrogens is 294 g/mol. The first kappa shape index (κ1) is 13.4. The molecule has 2 rings (SSSR count). The fourth-order valence-electron chi connectivity index (χ4n) is 2.09. The summed E-state index contributed by atoms with van der Waals surface area (Å²) in [5, 5.41) is 0. The van der Waals surface area contributed by atoms with Gasteiger partial charge in [0.05, 0.1) is 0 Å². The summed E-state index contributed by atoms with van der Waals surface area (Å²) in [5.74, 6) is 0.0640.